The van der Waals surface area contributed by atoms with Crippen LogP contribution in [0.15, 0.2) is 182 Å². The maximum atomic E-state index is 11.1. The van der Waals surface area contributed by atoms with E-state index in [0.29, 0.717) is 39.3 Å². The molecule has 0 radical (unpaired) electrons. The number of fused-ring (bicyclic) bond motifs is 1. The van der Waals surface area contributed by atoms with Crippen LogP contribution in [0.3, 0.4) is 0 Å². The molecule has 4 nitrogen and oxygen atoms in total. The zero-order valence-electron chi connectivity index (χ0n) is 32.6. The molecule has 9 aromatic rings. The Morgan fingerprint density at radius 2 is 1.24 bits per heavy atom. The van der Waals surface area contributed by atoms with Crippen molar-refractivity contribution >= 4 is 11.0 Å². The zero-order chi connectivity index (χ0) is 38.9. The molecular weight excluding hydrogens is 854 g/mol. The van der Waals surface area contributed by atoms with Gasteiger partial charge >= 0.3 is 0 Å². The Labute approximate surface area is 339 Å². The molecule has 55 heavy (non-hydrogen) atoms. The van der Waals surface area contributed by atoms with Crippen molar-refractivity contribution in [2.75, 3.05) is 0 Å². The van der Waals surface area contributed by atoms with Gasteiger partial charge in [0.1, 0.15) is 11.6 Å². The third kappa shape index (κ3) is 7.30. The number of imidazole rings is 1. The molecule has 5 heteroatoms. The number of aromatic nitrogens is 3. The fourth-order valence-electron chi connectivity index (χ4n) is 7.11. The summed E-state index contributed by atoms with van der Waals surface area (Å²) >= 11 is 0. The van der Waals surface area contributed by atoms with Crippen molar-refractivity contribution in [3.8, 4) is 67.5 Å². The van der Waals surface area contributed by atoms with E-state index < -0.39 is 6.85 Å². The summed E-state index contributed by atoms with van der Waals surface area (Å²) in [5.74, 6) is 0.658. The molecule has 0 amide bonds. The molecule has 0 fully saturated rings. The van der Waals surface area contributed by atoms with Gasteiger partial charge in [0, 0.05) is 42.8 Å². The summed E-state index contributed by atoms with van der Waals surface area (Å²) in [7, 11) is 0. The number of benzene rings is 7. The predicted octanol–water partition coefficient (Wildman–Crippen LogP) is 12.2. The van der Waals surface area contributed by atoms with E-state index in [2.05, 4.69) is 91.0 Å². The second-order valence-corrected chi connectivity index (χ2v) is 13.4. The Kier molecular flexibility index (Phi) is 9.08. The Balaban J connectivity index is 0.00000469. The minimum Gasteiger partial charge on any atom is -0.507 e. The van der Waals surface area contributed by atoms with Crippen LogP contribution in [0.4, 0.5) is 0 Å². The number of pyridine rings is 1. The summed E-state index contributed by atoms with van der Waals surface area (Å²) in [5, 5.41) is 11.1. The molecule has 1 N–H and O–H groups in total. The van der Waals surface area contributed by atoms with Crippen molar-refractivity contribution in [3.63, 3.8) is 0 Å². The number of phenols is 1. The van der Waals surface area contributed by atoms with Gasteiger partial charge in [-0.1, -0.05) is 145 Å². The van der Waals surface area contributed by atoms with E-state index >= 15 is 0 Å². The van der Waals surface area contributed by atoms with Crippen molar-refractivity contribution in [2.24, 2.45) is 0 Å². The molecule has 0 unspecified atom stereocenters. The number of phenolic OH excluding ortho intramolecular Hbond substituents is 1. The molecule has 2 heterocycles. The average molecular weight is 893 g/mol. The standard InChI is InChI=1S/C50H36N3O.Pt/c1-34-29-41(32-42(30-34)46-33-40(27-28-51-46)39-21-19-36(20-22-39)31-35-11-4-2-5-12-35)44-16-10-17-47-49(44)52-50(45-15-8-9-18-48(45)54)53(47)43-25-23-38(24-26-43)37-13-6-3-7-14-37;/h2-30,33,54H,31H2,1H3;/q-1;/i1D3;. The van der Waals surface area contributed by atoms with Crippen LogP contribution in [0.1, 0.15) is 20.8 Å². The second-order valence-electron chi connectivity index (χ2n) is 13.4. The monoisotopic (exact) mass is 892 g/mol. The molecule has 9 rings (SSSR count). The van der Waals surface area contributed by atoms with E-state index in [1.165, 1.54) is 11.1 Å². The Morgan fingerprint density at radius 1 is 0.600 bits per heavy atom. The van der Waals surface area contributed by atoms with Crippen LogP contribution in [-0.4, -0.2) is 19.6 Å². The second kappa shape index (κ2) is 15.6. The van der Waals surface area contributed by atoms with Gasteiger partial charge in [0.2, 0.25) is 0 Å². The summed E-state index contributed by atoms with van der Waals surface area (Å²) < 4.78 is 27.4. The van der Waals surface area contributed by atoms with Crippen molar-refractivity contribution in [2.45, 2.75) is 13.3 Å². The molecule has 0 atom stereocenters. The van der Waals surface area contributed by atoms with E-state index in [-0.39, 0.29) is 32.4 Å². The predicted molar refractivity (Wildman–Crippen MR) is 221 cm³/mol. The third-order valence-electron chi connectivity index (χ3n) is 9.80. The molecular formula is C50H36N3OPt-. The molecule has 0 spiro atoms. The zero-order valence-corrected chi connectivity index (χ0v) is 31.9. The molecule has 0 bridgehead atoms. The first kappa shape index (κ1) is 32.1. The number of aromatic hydroxyl groups is 1. The van der Waals surface area contributed by atoms with Gasteiger partial charge in [0.15, 0.2) is 0 Å². The maximum absolute atomic E-state index is 11.1. The fourth-order valence-corrected chi connectivity index (χ4v) is 7.11. The van der Waals surface area contributed by atoms with Gasteiger partial charge in [-0.15, -0.1) is 29.3 Å². The normalized spacial score (nSPS) is 12.0. The van der Waals surface area contributed by atoms with Gasteiger partial charge in [-0.05, 0) is 76.2 Å². The number of para-hydroxylation sites is 2. The van der Waals surface area contributed by atoms with Gasteiger partial charge in [-0.3, -0.25) is 9.55 Å². The fraction of sp³-hybridized carbons (Fsp3) is 0.0400. The minimum absolute atomic E-state index is 0. The van der Waals surface area contributed by atoms with Gasteiger partial charge in [-0.2, -0.15) is 0 Å². The molecule has 0 saturated carbocycles. The van der Waals surface area contributed by atoms with Gasteiger partial charge < -0.3 is 5.11 Å². The third-order valence-corrected chi connectivity index (χ3v) is 9.80. The van der Waals surface area contributed by atoms with Crippen LogP contribution in [-0.2, 0) is 27.5 Å². The van der Waals surface area contributed by atoms with Crippen LogP contribution < -0.4 is 0 Å². The maximum Gasteiger partial charge on any atom is 0.148 e. The number of aryl methyl sites for hydroxylation is 1. The minimum atomic E-state index is -2.39. The van der Waals surface area contributed by atoms with E-state index in [1.807, 2.05) is 71.3 Å². The van der Waals surface area contributed by atoms with Gasteiger partial charge in [0.05, 0.1) is 16.6 Å². The number of rotatable bonds is 8. The first-order valence-corrected chi connectivity index (χ1v) is 17.9. The Morgan fingerprint density at radius 3 is 2.00 bits per heavy atom. The first-order chi connectivity index (χ1) is 27.8. The first-order valence-electron chi connectivity index (χ1n) is 19.4. The topological polar surface area (TPSA) is 50.9 Å². The molecule has 0 saturated heterocycles. The van der Waals surface area contributed by atoms with Crippen LogP contribution in [0.25, 0.3) is 72.7 Å². The molecule has 7 aromatic carbocycles. The SMILES string of the molecule is [2H]C([2H])([2H])c1cc(-c2cc(-c3ccc(Cc4ccccc4)cc3)ccn2)[c-]c(-c2cccc3c2nc(-c2ccccc2O)n3-c2ccc(-c3ccccc3)cc2)c1.[Pt]. The number of nitrogens with zero attached hydrogens (tertiary/aromatic N) is 3. The van der Waals surface area contributed by atoms with Crippen molar-refractivity contribution in [1.29, 1.82) is 0 Å². The van der Waals surface area contributed by atoms with Crippen molar-refractivity contribution in [3.05, 3.63) is 205 Å². The van der Waals surface area contributed by atoms with Crippen LogP contribution >= 0.6 is 0 Å². The summed E-state index contributed by atoms with van der Waals surface area (Å²) in [5.41, 5.74) is 12.2. The molecule has 2 aromatic heterocycles. The van der Waals surface area contributed by atoms with E-state index in [1.54, 1.807) is 30.5 Å². The summed E-state index contributed by atoms with van der Waals surface area (Å²) in [4.78, 5) is 9.89. The van der Waals surface area contributed by atoms with Crippen LogP contribution in [0.2, 0.25) is 0 Å². The molecule has 0 aliphatic heterocycles. The van der Waals surface area contributed by atoms with E-state index in [0.717, 1.165) is 39.9 Å². The Bertz CT molecular complexity index is 2860. The van der Waals surface area contributed by atoms with E-state index in [9.17, 15) is 5.11 Å². The summed E-state index contributed by atoms with van der Waals surface area (Å²) in [6, 6.07) is 61.2. The van der Waals surface area contributed by atoms with Crippen molar-refractivity contribution in [1.82, 2.24) is 14.5 Å². The average Bonchev–Trinajstić information content (AvgIpc) is 3.64. The van der Waals surface area contributed by atoms with E-state index in [4.69, 9.17) is 14.1 Å². The van der Waals surface area contributed by atoms with Crippen molar-refractivity contribution < 1.29 is 30.3 Å². The van der Waals surface area contributed by atoms with Gasteiger partial charge in [0.25, 0.3) is 0 Å². The summed E-state index contributed by atoms with van der Waals surface area (Å²) in [6.45, 7) is -2.39. The number of hydrogen-bond acceptors (Lipinski definition) is 3. The van der Waals surface area contributed by atoms with Crippen LogP contribution in [0.5, 0.6) is 5.75 Å². The largest absolute Gasteiger partial charge is 0.507 e. The number of hydrogen-bond donors (Lipinski definition) is 1. The summed E-state index contributed by atoms with van der Waals surface area (Å²) in [6.07, 6.45) is 2.60. The quantitative estimate of drug-likeness (QED) is 0.155. The van der Waals surface area contributed by atoms with Gasteiger partial charge in [-0.25, -0.2) is 4.98 Å². The van der Waals surface area contributed by atoms with Crippen LogP contribution in [0, 0.1) is 12.9 Å². The smallest absolute Gasteiger partial charge is 0.148 e. The molecule has 0 aliphatic rings. The molecule has 268 valence electrons. The Hall–Kier alpha value is -6.35. The molecule has 0 aliphatic carbocycles.